The third-order valence-corrected chi connectivity index (χ3v) is 3.50. The molecule has 13 nitrogen and oxygen atoms in total. The third-order valence-electron chi connectivity index (χ3n) is 3.50. The maximum atomic E-state index is 11.4. The van der Waals surface area contributed by atoms with Gasteiger partial charge in [0.25, 0.3) is 0 Å². The van der Waals surface area contributed by atoms with Crippen LogP contribution in [0.1, 0.15) is 20.8 Å². The number of alkyl carbamates (subject to hydrolysis) is 2. The highest BCUT2D eigenvalue weighted by Gasteiger charge is 2.08. The van der Waals surface area contributed by atoms with E-state index in [4.69, 9.17) is 33.2 Å². The summed E-state index contributed by atoms with van der Waals surface area (Å²) in [6, 6.07) is 0. The Morgan fingerprint density at radius 3 is 1.68 bits per heavy atom. The largest absolute Gasteiger partial charge is 0.464 e. The molecule has 0 unspecified atom stereocenters. The summed E-state index contributed by atoms with van der Waals surface area (Å²) < 4.78 is 35.0. The van der Waals surface area contributed by atoms with Crippen LogP contribution in [0, 0.1) is 5.92 Å². The van der Waals surface area contributed by atoms with Gasteiger partial charge in [-0.15, -0.1) is 0 Å². The molecule has 0 fully saturated rings. The zero-order valence-corrected chi connectivity index (χ0v) is 20.1. The van der Waals surface area contributed by atoms with Crippen molar-refractivity contribution in [1.82, 2.24) is 10.6 Å². The van der Waals surface area contributed by atoms with Crippen molar-refractivity contribution in [3.63, 3.8) is 0 Å². The van der Waals surface area contributed by atoms with E-state index in [0.29, 0.717) is 0 Å². The van der Waals surface area contributed by atoms with E-state index in [1.54, 1.807) is 13.8 Å². The molecule has 0 bridgehead atoms. The lowest BCUT2D eigenvalue weighted by Crippen LogP contribution is -2.30. The smallest absolute Gasteiger partial charge is 0.407 e. The Labute approximate surface area is 199 Å². The van der Waals surface area contributed by atoms with E-state index in [9.17, 15) is 19.2 Å². The molecule has 13 heteroatoms. The second kappa shape index (κ2) is 20.7. The molecule has 2 amide bonds. The minimum Gasteiger partial charge on any atom is -0.464 e. The number of carbonyl (C=O) groups excluding carboxylic acids is 4. The van der Waals surface area contributed by atoms with Crippen molar-refractivity contribution < 1.29 is 52.3 Å². The summed E-state index contributed by atoms with van der Waals surface area (Å²) in [5.41, 5.74) is 0.280. The number of hydrogen-bond acceptors (Lipinski definition) is 11. The van der Waals surface area contributed by atoms with E-state index in [0.717, 1.165) is 0 Å². The van der Waals surface area contributed by atoms with Gasteiger partial charge in [0.2, 0.25) is 0 Å². The first kappa shape index (κ1) is 31.1. The number of rotatable bonds is 19. The molecule has 0 aliphatic rings. The summed E-state index contributed by atoms with van der Waals surface area (Å²) in [6.45, 7) is 9.72. The fourth-order valence-electron chi connectivity index (χ4n) is 1.78. The summed E-state index contributed by atoms with van der Waals surface area (Å²) in [5, 5.41) is 4.86. The molecule has 34 heavy (non-hydrogen) atoms. The molecule has 2 N–H and O–H groups in total. The van der Waals surface area contributed by atoms with Gasteiger partial charge in [-0.3, -0.25) is 4.79 Å². The topological polar surface area (TPSA) is 157 Å². The molecule has 0 aromatic rings. The van der Waals surface area contributed by atoms with Crippen molar-refractivity contribution >= 4 is 24.1 Å². The Kier molecular flexibility index (Phi) is 18.9. The van der Waals surface area contributed by atoms with E-state index in [1.165, 1.54) is 6.92 Å². The van der Waals surface area contributed by atoms with E-state index < -0.39 is 18.2 Å². The average molecular weight is 493 g/mol. The fourth-order valence-corrected chi connectivity index (χ4v) is 1.78. The molecule has 0 saturated carbocycles. The van der Waals surface area contributed by atoms with Crippen molar-refractivity contribution in [3.05, 3.63) is 12.2 Å². The molecule has 0 radical (unpaired) electrons. The van der Waals surface area contributed by atoms with Crippen LogP contribution in [0.3, 0.4) is 0 Å². The number of esters is 2. The normalized spacial score (nSPS) is 10.4. The fraction of sp³-hybridized carbons (Fsp3) is 0.714. The maximum absolute atomic E-state index is 11.4. The highest BCUT2D eigenvalue weighted by atomic mass is 16.7. The quantitative estimate of drug-likeness (QED) is 0.0862. The summed E-state index contributed by atoms with van der Waals surface area (Å²) in [4.78, 5) is 45.2. The molecule has 0 atom stereocenters. The van der Waals surface area contributed by atoms with Crippen LogP contribution in [0.25, 0.3) is 0 Å². The lowest BCUT2D eigenvalue weighted by atomic mass is 10.2. The van der Waals surface area contributed by atoms with Crippen molar-refractivity contribution in [2.45, 2.75) is 20.8 Å². The van der Waals surface area contributed by atoms with E-state index in [-0.39, 0.29) is 90.2 Å². The minimum atomic E-state index is -0.658. The van der Waals surface area contributed by atoms with Gasteiger partial charge in [0.05, 0.1) is 45.4 Å². The second-order valence-electron chi connectivity index (χ2n) is 6.91. The standard InChI is InChI=1S/C21H36N2O11/c1-16(2)18(24)31-7-5-22-20(26)33-13-11-28-9-10-29-15-30-12-14-34-21(27)23-6-8-32-19(25)17(3)4/h16H,3,5-15H2,1-2,4H3,(H,22,26)(H,23,27). The van der Waals surface area contributed by atoms with Crippen LogP contribution < -0.4 is 10.6 Å². The predicted octanol–water partition coefficient (Wildman–Crippen LogP) is 0.765. The number of carbonyl (C=O) groups is 4. The Hall–Kier alpha value is -2.90. The van der Waals surface area contributed by atoms with Gasteiger partial charge < -0.3 is 43.8 Å². The van der Waals surface area contributed by atoms with Crippen LogP contribution in [0.5, 0.6) is 0 Å². The van der Waals surface area contributed by atoms with Gasteiger partial charge in [0, 0.05) is 5.57 Å². The Morgan fingerprint density at radius 2 is 1.15 bits per heavy atom. The zero-order valence-electron chi connectivity index (χ0n) is 20.1. The molecule has 0 aromatic carbocycles. The minimum absolute atomic E-state index is 0.00845. The molecular weight excluding hydrogens is 456 g/mol. The maximum Gasteiger partial charge on any atom is 0.407 e. The van der Waals surface area contributed by atoms with Crippen LogP contribution in [-0.4, -0.2) is 96.9 Å². The molecule has 0 aromatic heterocycles. The van der Waals surface area contributed by atoms with Crippen LogP contribution in [-0.2, 0) is 42.7 Å². The van der Waals surface area contributed by atoms with Gasteiger partial charge in [-0.1, -0.05) is 20.4 Å². The first-order valence-corrected chi connectivity index (χ1v) is 10.8. The van der Waals surface area contributed by atoms with E-state index >= 15 is 0 Å². The zero-order chi connectivity index (χ0) is 25.6. The van der Waals surface area contributed by atoms with Crippen molar-refractivity contribution in [2.24, 2.45) is 5.92 Å². The van der Waals surface area contributed by atoms with Gasteiger partial charge >= 0.3 is 24.1 Å². The monoisotopic (exact) mass is 492 g/mol. The molecule has 0 spiro atoms. The lowest BCUT2D eigenvalue weighted by molar-refractivity contribution is -0.147. The molecule has 0 saturated heterocycles. The highest BCUT2D eigenvalue weighted by molar-refractivity contribution is 5.86. The van der Waals surface area contributed by atoms with Crippen molar-refractivity contribution in [3.8, 4) is 0 Å². The first-order valence-electron chi connectivity index (χ1n) is 10.8. The highest BCUT2D eigenvalue weighted by Crippen LogP contribution is 1.94. The van der Waals surface area contributed by atoms with Gasteiger partial charge in [-0.2, -0.15) is 0 Å². The molecule has 0 aliphatic carbocycles. The summed E-state index contributed by atoms with van der Waals surface area (Å²) in [6.07, 6.45) is -1.29. The number of nitrogens with one attached hydrogen (secondary N) is 2. The number of hydrogen-bond donors (Lipinski definition) is 2. The summed E-state index contributed by atoms with van der Waals surface area (Å²) >= 11 is 0. The van der Waals surface area contributed by atoms with Gasteiger partial charge in [-0.05, 0) is 6.92 Å². The van der Waals surface area contributed by atoms with Gasteiger partial charge in [0.15, 0.2) is 0 Å². The predicted molar refractivity (Wildman–Crippen MR) is 118 cm³/mol. The second-order valence-corrected chi connectivity index (χ2v) is 6.91. The molecule has 196 valence electrons. The van der Waals surface area contributed by atoms with Crippen LogP contribution in [0.15, 0.2) is 12.2 Å². The van der Waals surface area contributed by atoms with E-state index in [1.807, 2.05) is 0 Å². The number of amides is 2. The van der Waals surface area contributed by atoms with Crippen LogP contribution >= 0.6 is 0 Å². The van der Waals surface area contributed by atoms with Gasteiger partial charge in [0.1, 0.15) is 33.2 Å². The van der Waals surface area contributed by atoms with Crippen LogP contribution in [0.2, 0.25) is 0 Å². The van der Waals surface area contributed by atoms with E-state index in [2.05, 4.69) is 17.2 Å². The molecule has 0 rings (SSSR count). The summed E-state index contributed by atoms with van der Waals surface area (Å²) in [7, 11) is 0. The van der Waals surface area contributed by atoms with Crippen molar-refractivity contribution in [1.29, 1.82) is 0 Å². The Bertz CT molecular complexity index is 626. The first-order chi connectivity index (χ1) is 16.2. The van der Waals surface area contributed by atoms with Crippen molar-refractivity contribution in [2.75, 3.05) is 72.7 Å². The Morgan fingerprint density at radius 1 is 0.676 bits per heavy atom. The molecule has 0 aliphatic heterocycles. The molecule has 0 heterocycles. The Balaban J connectivity index is 3.35. The SMILES string of the molecule is C=C(C)C(=O)OCCNC(=O)OCCOCOCCOCCOC(=O)NCCOC(=O)C(C)C. The number of ether oxygens (including phenoxy) is 7. The average Bonchev–Trinajstić information content (AvgIpc) is 2.79. The van der Waals surface area contributed by atoms with Crippen LogP contribution in [0.4, 0.5) is 9.59 Å². The third kappa shape index (κ3) is 19.8. The lowest BCUT2D eigenvalue weighted by Gasteiger charge is -2.10. The molecular formula is C21H36N2O11. The summed E-state index contributed by atoms with van der Waals surface area (Å²) in [5.74, 6) is -1.07. The van der Waals surface area contributed by atoms with Gasteiger partial charge in [-0.25, -0.2) is 14.4 Å².